The van der Waals surface area contributed by atoms with E-state index >= 15 is 0 Å². The Kier molecular flexibility index (Phi) is 3.33. The van der Waals surface area contributed by atoms with Gasteiger partial charge in [-0.05, 0) is 19.9 Å². The van der Waals surface area contributed by atoms with E-state index in [-0.39, 0.29) is 0 Å². The summed E-state index contributed by atoms with van der Waals surface area (Å²) in [5.41, 5.74) is 1.61. The predicted molar refractivity (Wildman–Crippen MR) is 53.6 cm³/mol. The van der Waals surface area contributed by atoms with Crippen LogP contribution in [0.3, 0.4) is 0 Å². The van der Waals surface area contributed by atoms with Gasteiger partial charge >= 0.3 is 0 Å². The summed E-state index contributed by atoms with van der Waals surface area (Å²) in [6.07, 6.45) is 0. The van der Waals surface area contributed by atoms with Gasteiger partial charge in [-0.3, -0.25) is 0 Å². The Balaban J connectivity index is 3.05. The fourth-order valence-electron chi connectivity index (χ4n) is 1.35. The third kappa shape index (κ3) is 2.00. The third-order valence-corrected chi connectivity index (χ3v) is 2.05. The lowest BCUT2D eigenvalue weighted by molar-refractivity contribution is 0.864. The summed E-state index contributed by atoms with van der Waals surface area (Å²) in [6.45, 7) is 6.00. The molecule has 0 atom stereocenters. The van der Waals surface area contributed by atoms with E-state index in [1.807, 2.05) is 12.1 Å². The molecule has 1 radical (unpaired) electrons. The topological polar surface area (TPSA) is 27.0 Å². The minimum absolute atomic E-state index is 0.631. The molecule has 0 aliphatic carbocycles. The van der Waals surface area contributed by atoms with Crippen molar-refractivity contribution in [2.24, 2.45) is 0 Å². The maximum atomic E-state index is 8.85. The predicted octanol–water partition coefficient (Wildman–Crippen LogP) is 2.20. The van der Waals surface area contributed by atoms with Crippen LogP contribution in [0.5, 0.6) is 0 Å². The van der Waals surface area contributed by atoms with Crippen LogP contribution in [-0.4, -0.2) is 13.1 Å². The molecular formula is C11H13N2. The van der Waals surface area contributed by atoms with Gasteiger partial charge in [0.05, 0.1) is 11.3 Å². The van der Waals surface area contributed by atoms with Crippen molar-refractivity contribution in [3.8, 4) is 6.07 Å². The molecule has 0 bridgehead atoms. The smallest absolute Gasteiger partial charge is 0.102 e. The van der Waals surface area contributed by atoms with Crippen LogP contribution in [0.4, 0.5) is 5.69 Å². The van der Waals surface area contributed by atoms with Crippen molar-refractivity contribution in [1.82, 2.24) is 0 Å². The van der Waals surface area contributed by atoms with Gasteiger partial charge in [0.2, 0.25) is 0 Å². The lowest BCUT2D eigenvalue weighted by atomic mass is 10.2. The summed E-state index contributed by atoms with van der Waals surface area (Å²) in [6, 6.07) is 10.7. The molecule has 1 aromatic carbocycles. The SMILES string of the molecule is CCN(CC)c1ccc[c]c1C#N. The van der Waals surface area contributed by atoms with E-state index in [4.69, 9.17) is 5.26 Å². The Morgan fingerprint density at radius 2 is 2.15 bits per heavy atom. The highest BCUT2D eigenvalue weighted by Crippen LogP contribution is 2.18. The van der Waals surface area contributed by atoms with Crippen molar-refractivity contribution in [2.45, 2.75) is 13.8 Å². The van der Waals surface area contributed by atoms with Gasteiger partial charge in [-0.25, -0.2) is 0 Å². The van der Waals surface area contributed by atoms with E-state index in [0.717, 1.165) is 18.8 Å². The van der Waals surface area contributed by atoms with Crippen molar-refractivity contribution in [3.63, 3.8) is 0 Å². The lowest BCUT2D eigenvalue weighted by Crippen LogP contribution is -2.22. The molecule has 0 N–H and O–H groups in total. The number of anilines is 1. The fraction of sp³-hybridized carbons (Fsp3) is 0.364. The molecule has 0 unspecified atom stereocenters. The van der Waals surface area contributed by atoms with E-state index < -0.39 is 0 Å². The van der Waals surface area contributed by atoms with E-state index in [2.05, 4.69) is 30.9 Å². The minimum atomic E-state index is 0.631. The van der Waals surface area contributed by atoms with Gasteiger partial charge in [0.25, 0.3) is 0 Å². The maximum Gasteiger partial charge on any atom is 0.102 e. The van der Waals surface area contributed by atoms with Crippen molar-refractivity contribution in [3.05, 3.63) is 29.8 Å². The zero-order valence-electron chi connectivity index (χ0n) is 8.04. The molecule has 0 spiro atoms. The second-order valence-corrected chi connectivity index (χ2v) is 2.71. The Bertz CT molecular complexity index is 308. The Morgan fingerprint density at radius 3 is 2.69 bits per heavy atom. The normalized spacial score (nSPS) is 9.31. The summed E-state index contributed by atoms with van der Waals surface area (Å²) in [5.74, 6) is 0. The second kappa shape index (κ2) is 4.51. The van der Waals surface area contributed by atoms with Crippen LogP contribution in [0.2, 0.25) is 0 Å². The van der Waals surface area contributed by atoms with Crippen molar-refractivity contribution in [2.75, 3.05) is 18.0 Å². The lowest BCUT2D eigenvalue weighted by Gasteiger charge is -2.21. The maximum absolute atomic E-state index is 8.85. The number of nitriles is 1. The van der Waals surface area contributed by atoms with Crippen LogP contribution in [0.15, 0.2) is 18.2 Å². The first-order chi connectivity index (χ1) is 6.33. The molecule has 13 heavy (non-hydrogen) atoms. The van der Waals surface area contributed by atoms with Gasteiger partial charge in [-0.15, -0.1) is 0 Å². The molecule has 0 fully saturated rings. The van der Waals surface area contributed by atoms with Gasteiger partial charge < -0.3 is 4.90 Å². The Labute approximate surface area is 79.4 Å². The number of nitrogens with zero attached hydrogens (tertiary/aromatic N) is 2. The Morgan fingerprint density at radius 1 is 1.46 bits per heavy atom. The molecule has 0 saturated heterocycles. The number of hydrogen-bond donors (Lipinski definition) is 0. The van der Waals surface area contributed by atoms with E-state index in [9.17, 15) is 0 Å². The fourth-order valence-corrected chi connectivity index (χ4v) is 1.35. The Hall–Kier alpha value is -1.49. The van der Waals surface area contributed by atoms with Crippen molar-refractivity contribution >= 4 is 5.69 Å². The number of rotatable bonds is 3. The van der Waals surface area contributed by atoms with Gasteiger partial charge in [0, 0.05) is 19.2 Å². The highest BCUT2D eigenvalue weighted by molar-refractivity contribution is 5.58. The third-order valence-electron chi connectivity index (χ3n) is 2.05. The quantitative estimate of drug-likeness (QED) is 0.700. The molecule has 2 nitrogen and oxygen atoms in total. The zero-order chi connectivity index (χ0) is 9.68. The first-order valence-electron chi connectivity index (χ1n) is 4.49. The molecule has 1 rings (SSSR count). The number of benzene rings is 1. The van der Waals surface area contributed by atoms with E-state index in [1.54, 1.807) is 6.07 Å². The molecule has 0 heterocycles. The van der Waals surface area contributed by atoms with Crippen LogP contribution < -0.4 is 4.90 Å². The van der Waals surface area contributed by atoms with Crippen molar-refractivity contribution < 1.29 is 0 Å². The summed E-state index contributed by atoms with van der Waals surface area (Å²) < 4.78 is 0. The number of hydrogen-bond acceptors (Lipinski definition) is 2. The monoisotopic (exact) mass is 173 g/mol. The van der Waals surface area contributed by atoms with Gasteiger partial charge in [0.1, 0.15) is 6.07 Å². The molecule has 0 aromatic heterocycles. The summed E-state index contributed by atoms with van der Waals surface area (Å²) >= 11 is 0. The van der Waals surface area contributed by atoms with Gasteiger partial charge in [0.15, 0.2) is 0 Å². The van der Waals surface area contributed by atoms with Crippen LogP contribution in [0.25, 0.3) is 0 Å². The minimum Gasteiger partial charge on any atom is -0.371 e. The highest BCUT2D eigenvalue weighted by Gasteiger charge is 2.06. The van der Waals surface area contributed by atoms with Gasteiger partial charge in [-0.2, -0.15) is 5.26 Å². The molecule has 1 aromatic rings. The molecule has 0 saturated carbocycles. The first kappa shape index (κ1) is 9.60. The molecule has 0 aliphatic heterocycles. The first-order valence-corrected chi connectivity index (χ1v) is 4.49. The van der Waals surface area contributed by atoms with Crippen LogP contribution >= 0.6 is 0 Å². The van der Waals surface area contributed by atoms with Crippen LogP contribution in [0, 0.1) is 17.4 Å². The van der Waals surface area contributed by atoms with Gasteiger partial charge in [-0.1, -0.05) is 12.1 Å². The second-order valence-electron chi connectivity index (χ2n) is 2.71. The van der Waals surface area contributed by atoms with Crippen LogP contribution in [0.1, 0.15) is 19.4 Å². The van der Waals surface area contributed by atoms with E-state index in [1.165, 1.54) is 0 Å². The molecule has 0 aliphatic rings. The highest BCUT2D eigenvalue weighted by atomic mass is 15.1. The van der Waals surface area contributed by atoms with Crippen LogP contribution in [-0.2, 0) is 0 Å². The summed E-state index contributed by atoms with van der Waals surface area (Å²) in [4.78, 5) is 2.15. The van der Waals surface area contributed by atoms with E-state index in [0.29, 0.717) is 5.56 Å². The largest absolute Gasteiger partial charge is 0.371 e. The van der Waals surface area contributed by atoms with Crippen molar-refractivity contribution in [1.29, 1.82) is 5.26 Å². The average molecular weight is 173 g/mol. The molecule has 2 heteroatoms. The summed E-state index contributed by atoms with van der Waals surface area (Å²) in [5, 5.41) is 8.85. The average Bonchev–Trinajstić information content (AvgIpc) is 2.20. The molecular weight excluding hydrogens is 160 g/mol. The molecule has 0 amide bonds. The molecule has 67 valence electrons. The zero-order valence-corrected chi connectivity index (χ0v) is 8.04. The summed E-state index contributed by atoms with van der Waals surface area (Å²) in [7, 11) is 0. The standard InChI is InChI=1S/C11H13N2/c1-3-13(4-2)11-8-6-5-7-10(11)9-12/h5-6,8H,3-4H2,1-2H3.